The molecular formula is C11H11ClFNO4S. The highest BCUT2D eigenvalue weighted by molar-refractivity contribution is 8.13. The van der Waals surface area contributed by atoms with E-state index < -0.39 is 20.8 Å². The van der Waals surface area contributed by atoms with Crippen molar-refractivity contribution >= 4 is 25.6 Å². The SMILES string of the molecule is O=C(c1cc(F)ccc1S(=O)(=O)Cl)N1CCOCC1. The number of morpholine rings is 1. The lowest BCUT2D eigenvalue weighted by Gasteiger charge is -2.27. The number of rotatable bonds is 2. The van der Waals surface area contributed by atoms with Crippen LogP contribution < -0.4 is 0 Å². The molecule has 0 unspecified atom stereocenters. The second-order valence-electron chi connectivity index (χ2n) is 3.98. The zero-order chi connectivity index (χ0) is 14.0. The topological polar surface area (TPSA) is 63.7 Å². The molecule has 1 aliphatic heterocycles. The van der Waals surface area contributed by atoms with Crippen molar-refractivity contribution in [2.75, 3.05) is 26.3 Å². The number of nitrogens with zero attached hydrogens (tertiary/aromatic N) is 1. The minimum absolute atomic E-state index is 0.253. The van der Waals surface area contributed by atoms with E-state index in [1.165, 1.54) is 4.90 Å². The van der Waals surface area contributed by atoms with Gasteiger partial charge in [-0.1, -0.05) is 0 Å². The summed E-state index contributed by atoms with van der Waals surface area (Å²) in [5.41, 5.74) is -0.253. The molecule has 0 bridgehead atoms. The Kier molecular flexibility index (Phi) is 4.07. The number of carbonyl (C=O) groups excluding carboxylic acids is 1. The molecule has 2 rings (SSSR count). The molecule has 1 fully saturated rings. The van der Waals surface area contributed by atoms with Crippen LogP contribution in [0.2, 0.25) is 0 Å². The number of carbonyl (C=O) groups is 1. The van der Waals surface area contributed by atoms with Crippen LogP contribution >= 0.6 is 10.7 Å². The maximum absolute atomic E-state index is 13.2. The molecule has 1 aromatic carbocycles. The van der Waals surface area contributed by atoms with Crippen LogP contribution in [-0.4, -0.2) is 45.5 Å². The Bertz CT molecular complexity index is 599. The Morgan fingerprint density at radius 2 is 1.95 bits per heavy atom. The first-order valence-electron chi connectivity index (χ1n) is 5.51. The summed E-state index contributed by atoms with van der Waals surface area (Å²) in [6, 6.07) is 2.82. The Balaban J connectivity index is 2.42. The van der Waals surface area contributed by atoms with Crippen molar-refractivity contribution in [3.05, 3.63) is 29.6 Å². The monoisotopic (exact) mass is 307 g/mol. The van der Waals surface area contributed by atoms with Crippen molar-refractivity contribution in [3.63, 3.8) is 0 Å². The largest absolute Gasteiger partial charge is 0.378 e. The molecule has 8 heteroatoms. The molecule has 0 atom stereocenters. The summed E-state index contributed by atoms with van der Waals surface area (Å²) in [4.78, 5) is 13.2. The summed E-state index contributed by atoms with van der Waals surface area (Å²) in [6.07, 6.45) is 0. The molecule has 0 aromatic heterocycles. The van der Waals surface area contributed by atoms with E-state index in [9.17, 15) is 17.6 Å². The fraction of sp³-hybridized carbons (Fsp3) is 0.364. The predicted molar refractivity (Wildman–Crippen MR) is 66.2 cm³/mol. The van der Waals surface area contributed by atoms with Crippen LogP contribution in [0, 0.1) is 5.82 Å². The first kappa shape index (κ1) is 14.2. The first-order valence-corrected chi connectivity index (χ1v) is 7.82. The normalized spacial score (nSPS) is 16.4. The Morgan fingerprint density at radius 3 is 2.53 bits per heavy atom. The third-order valence-electron chi connectivity index (χ3n) is 2.73. The van der Waals surface area contributed by atoms with Crippen molar-refractivity contribution < 1.29 is 22.3 Å². The molecule has 0 aliphatic carbocycles. The lowest BCUT2D eigenvalue weighted by atomic mass is 10.2. The van der Waals surface area contributed by atoms with Gasteiger partial charge in [-0.3, -0.25) is 4.79 Å². The van der Waals surface area contributed by atoms with Gasteiger partial charge in [0.05, 0.1) is 23.7 Å². The van der Waals surface area contributed by atoms with Gasteiger partial charge in [-0.05, 0) is 18.2 Å². The molecule has 0 saturated carbocycles. The van der Waals surface area contributed by atoms with E-state index in [4.69, 9.17) is 15.4 Å². The number of benzene rings is 1. The van der Waals surface area contributed by atoms with Gasteiger partial charge in [0.2, 0.25) is 0 Å². The molecule has 104 valence electrons. The molecule has 1 aromatic rings. The van der Waals surface area contributed by atoms with Crippen LogP contribution in [0.5, 0.6) is 0 Å². The molecular weight excluding hydrogens is 297 g/mol. The van der Waals surface area contributed by atoms with Crippen LogP contribution in [0.15, 0.2) is 23.1 Å². The average molecular weight is 308 g/mol. The fourth-order valence-corrected chi connectivity index (χ4v) is 2.86. The lowest BCUT2D eigenvalue weighted by molar-refractivity contribution is 0.0300. The molecule has 1 heterocycles. The minimum Gasteiger partial charge on any atom is -0.378 e. The lowest BCUT2D eigenvalue weighted by Crippen LogP contribution is -2.41. The van der Waals surface area contributed by atoms with E-state index in [1.54, 1.807) is 0 Å². The highest BCUT2D eigenvalue weighted by Crippen LogP contribution is 2.22. The number of hydrogen-bond acceptors (Lipinski definition) is 4. The van der Waals surface area contributed by atoms with Crippen LogP contribution in [0.25, 0.3) is 0 Å². The molecule has 1 aliphatic rings. The minimum atomic E-state index is -4.11. The zero-order valence-electron chi connectivity index (χ0n) is 9.80. The Morgan fingerprint density at radius 1 is 1.32 bits per heavy atom. The summed E-state index contributed by atoms with van der Waals surface area (Å²) < 4.78 is 41.1. The van der Waals surface area contributed by atoms with Crippen molar-refractivity contribution in [2.24, 2.45) is 0 Å². The van der Waals surface area contributed by atoms with Crippen molar-refractivity contribution in [3.8, 4) is 0 Å². The van der Waals surface area contributed by atoms with Gasteiger partial charge in [0.25, 0.3) is 15.0 Å². The Hall–Kier alpha value is -1.18. The maximum Gasteiger partial charge on any atom is 0.262 e. The third-order valence-corrected chi connectivity index (χ3v) is 4.11. The molecule has 1 amide bonds. The van der Waals surface area contributed by atoms with Gasteiger partial charge in [0.15, 0.2) is 0 Å². The number of halogens is 2. The van der Waals surface area contributed by atoms with Gasteiger partial charge in [0.1, 0.15) is 5.82 Å². The molecule has 19 heavy (non-hydrogen) atoms. The van der Waals surface area contributed by atoms with Gasteiger partial charge in [0, 0.05) is 23.8 Å². The number of amides is 1. The van der Waals surface area contributed by atoms with Crippen LogP contribution in [0.3, 0.4) is 0 Å². The second kappa shape index (κ2) is 5.44. The molecule has 1 saturated heterocycles. The van der Waals surface area contributed by atoms with E-state index >= 15 is 0 Å². The van der Waals surface area contributed by atoms with E-state index in [1.807, 2.05) is 0 Å². The van der Waals surface area contributed by atoms with E-state index in [2.05, 4.69) is 0 Å². The highest BCUT2D eigenvalue weighted by Gasteiger charge is 2.26. The maximum atomic E-state index is 13.2. The summed E-state index contributed by atoms with van der Waals surface area (Å²) in [5, 5.41) is 0. The third kappa shape index (κ3) is 3.23. The summed E-state index contributed by atoms with van der Waals surface area (Å²) >= 11 is 0. The van der Waals surface area contributed by atoms with Gasteiger partial charge >= 0.3 is 0 Å². The number of hydrogen-bond donors (Lipinski definition) is 0. The summed E-state index contributed by atoms with van der Waals surface area (Å²) in [5.74, 6) is -1.26. The van der Waals surface area contributed by atoms with E-state index in [-0.39, 0.29) is 10.5 Å². The fourth-order valence-electron chi connectivity index (χ4n) is 1.82. The molecule has 0 radical (unpaired) electrons. The van der Waals surface area contributed by atoms with Crippen LogP contribution in [0.4, 0.5) is 4.39 Å². The second-order valence-corrected chi connectivity index (χ2v) is 6.52. The zero-order valence-corrected chi connectivity index (χ0v) is 11.4. The van der Waals surface area contributed by atoms with Gasteiger partial charge in [-0.15, -0.1) is 0 Å². The number of ether oxygens (including phenoxy) is 1. The standard InChI is InChI=1S/C11H11ClFNO4S/c12-19(16,17)10-2-1-8(13)7-9(10)11(15)14-3-5-18-6-4-14/h1-2,7H,3-6H2. The predicted octanol–water partition coefficient (Wildman–Crippen LogP) is 1.23. The van der Waals surface area contributed by atoms with Crippen LogP contribution in [-0.2, 0) is 13.8 Å². The van der Waals surface area contributed by atoms with Crippen molar-refractivity contribution in [2.45, 2.75) is 4.90 Å². The quantitative estimate of drug-likeness (QED) is 0.771. The summed E-state index contributed by atoms with van der Waals surface area (Å²) in [6.45, 7) is 1.39. The average Bonchev–Trinajstić information content (AvgIpc) is 2.37. The van der Waals surface area contributed by atoms with E-state index in [0.29, 0.717) is 26.3 Å². The highest BCUT2D eigenvalue weighted by atomic mass is 35.7. The smallest absolute Gasteiger partial charge is 0.262 e. The summed E-state index contributed by atoms with van der Waals surface area (Å²) in [7, 11) is 1.15. The van der Waals surface area contributed by atoms with Crippen molar-refractivity contribution in [1.29, 1.82) is 0 Å². The molecule has 0 N–H and O–H groups in total. The Labute approximate surface area is 114 Å². The van der Waals surface area contributed by atoms with Gasteiger partial charge < -0.3 is 9.64 Å². The van der Waals surface area contributed by atoms with Gasteiger partial charge in [-0.25, -0.2) is 12.8 Å². The van der Waals surface area contributed by atoms with E-state index in [0.717, 1.165) is 18.2 Å². The molecule has 5 nitrogen and oxygen atoms in total. The van der Waals surface area contributed by atoms with Gasteiger partial charge in [-0.2, -0.15) is 0 Å². The molecule has 0 spiro atoms. The van der Waals surface area contributed by atoms with Crippen LogP contribution in [0.1, 0.15) is 10.4 Å². The van der Waals surface area contributed by atoms with Crippen molar-refractivity contribution in [1.82, 2.24) is 4.90 Å². The first-order chi connectivity index (χ1) is 8.89.